The molecule has 102 valence electrons. The van der Waals surface area contributed by atoms with Gasteiger partial charge >= 0.3 is 6.01 Å². The predicted molar refractivity (Wildman–Crippen MR) is 71.1 cm³/mol. The fourth-order valence-electron chi connectivity index (χ4n) is 2.20. The number of aromatic nitrogens is 4. The molecule has 2 heterocycles. The van der Waals surface area contributed by atoms with E-state index in [0.29, 0.717) is 11.9 Å². The van der Waals surface area contributed by atoms with Crippen LogP contribution < -0.4 is 5.32 Å². The van der Waals surface area contributed by atoms with Gasteiger partial charge in [0, 0.05) is 18.2 Å². The molecular weight excluding hydrogens is 242 g/mol. The van der Waals surface area contributed by atoms with Crippen molar-refractivity contribution < 1.29 is 4.42 Å². The second-order valence-electron chi connectivity index (χ2n) is 5.16. The van der Waals surface area contributed by atoms with Crippen molar-refractivity contribution in [2.75, 3.05) is 11.9 Å². The number of rotatable bonds is 6. The van der Waals surface area contributed by atoms with Crippen LogP contribution in [0, 0.1) is 13.8 Å². The third-order valence-electron chi connectivity index (χ3n) is 3.53. The third kappa shape index (κ3) is 2.77. The molecule has 19 heavy (non-hydrogen) atoms. The van der Waals surface area contributed by atoms with Crippen LogP contribution in [0.4, 0.5) is 6.01 Å². The predicted octanol–water partition coefficient (Wildman–Crippen LogP) is 2.33. The first kappa shape index (κ1) is 12.2. The van der Waals surface area contributed by atoms with Crippen LogP contribution in [0.25, 0.3) is 0 Å². The van der Waals surface area contributed by atoms with Crippen LogP contribution in [-0.2, 0) is 6.42 Å². The lowest BCUT2D eigenvalue weighted by molar-refractivity contribution is 0.506. The molecule has 0 saturated heterocycles. The van der Waals surface area contributed by atoms with Crippen LogP contribution in [-0.4, -0.2) is 26.9 Å². The van der Waals surface area contributed by atoms with Crippen LogP contribution >= 0.6 is 0 Å². The minimum atomic E-state index is 0.513. The largest absolute Gasteiger partial charge is 0.408 e. The lowest BCUT2D eigenvalue weighted by Gasteiger charge is -2.02. The molecule has 0 aromatic carbocycles. The van der Waals surface area contributed by atoms with Gasteiger partial charge < -0.3 is 9.73 Å². The Morgan fingerprint density at radius 3 is 2.84 bits per heavy atom. The molecule has 0 bridgehead atoms. The molecule has 1 aliphatic carbocycles. The number of aromatic amines is 1. The second-order valence-corrected chi connectivity index (χ2v) is 5.16. The van der Waals surface area contributed by atoms with Crippen LogP contribution in [0.5, 0.6) is 0 Å². The van der Waals surface area contributed by atoms with Gasteiger partial charge in [-0.2, -0.15) is 5.10 Å². The lowest BCUT2D eigenvalue weighted by Crippen LogP contribution is -2.04. The molecule has 1 saturated carbocycles. The Kier molecular flexibility index (Phi) is 3.23. The molecule has 0 spiro atoms. The Morgan fingerprint density at radius 2 is 2.16 bits per heavy atom. The SMILES string of the molecule is Cc1n[nH]c(C)c1CCCNc1nnc(C2CC2)o1. The Balaban J connectivity index is 1.45. The van der Waals surface area contributed by atoms with E-state index < -0.39 is 0 Å². The van der Waals surface area contributed by atoms with Crippen LogP contribution in [0.15, 0.2) is 4.42 Å². The van der Waals surface area contributed by atoms with Crippen molar-refractivity contribution in [3.8, 4) is 0 Å². The van der Waals surface area contributed by atoms with E-state index in [1.807, 2.05) is 6.92 Å². The maximum Gasteiger partial charge on any atom is 0.315 e. The summed E-state index contributed by atoms with van der Waals surface area (Å²) in [5, 5.41) is 18.4. The average molecular weight is 261 g/mol. The van der Waals surface area contributed by atoms with Gasteiger partial charge in [0.1, 0.15) is 0 Å². The highest BCUT2D eigenvalue weighted by Crippen LogP contribution is 2.39. The highest BCUT2D eigenvalue weighted by molar-refractivity contribution is 5.24. The van der Waals surface area contributed by atoms with Gasteiger partial charge in [-0.05, 0) is 45.1 Å². The Morgan fingerprint density at radius 1 is 1.32 bits per heavy atom. The highest BCUT2D eigenvalue weighted by atomic mass is 16.4. The zero-order valence-electron chi connectivity index (χ0n) is 11.4. The molecule has 6 nitrogen and oxygen atoms in total. The molecule has 3 rings (SSSR count). The molecule has 0 aliphatic heterocycles. The molecule has 2 aromatic rings. The summed E-state index contributed by atoms with van der Waals surface area (Å²) >= 11 is 0. The summed E-state index contributed by atoms with van der Waals surface area (Å²) in [7, 11) is 0. The topological polar surface area (TPSA) is 79.6 Å². The summed E-state index contributed by atoms with van der Waals surface area (Å²) in [6, 6.07) is 0.544. The van der Waals surface area contributed by atoms with Crippen molar-refractivity contribution in [2.45, 2.75) is 45.4 Å². The van der Waals surface area contributed by atoms with Crippen molar-refractivity contribution >= 4 is 6.01 Å². The van der Waals surface area contributed by atoms with Crippen molar-refractivity contribution in [1.82, 2.24) is 20.4 Å². The number of anilines is 1. The van der Waals surface area contributed by atoms with Gasteiger partial charge in [-0.3, -0.25) is 5.10 Å². The number of hydrogen-bond acceptors (Lipinski definition) is 5. The fourth-order valence-corrected chi connectivity index (χ4v) is 2.20. The Labute approximate surface area is 112 Å². The number of H-pyrrole nitrogens is 1. The zero-order valence-corrected chi connectivity index (χ0v) is 11.4. The minimum Gasteiger partial charge on any atom is -0.408 e. The summed E-state index contributed by atoms with van der Waals surface area (Å²) < 4.78 is 5.54. The Hall–Kier alpha value is -1.85. The monoisotopic (exact) mass is 261 g/mol. The van der Waals surface area contributed by atoms with E-state index in [-0.39, 0.29) is 0 Å². The third-order valence-corrected chi connectivity index (χ3v) is 3.53. The van der Waals surface area contributed by atoms with Crippen LogP contribution in [0.1, 0.15) is 48.0 Å². The molecule has 6 heteroatoms. The standard InChI is InChI=1S/C13H19N5O/c1-8-11(9(2)16-15-8)4-3-7-14-13-18-17-12(19-13)10-5-6-10/h10H,3-7H2,1-2H3,(H,14,18)(H,15,16). The van der Waals surface area contributed by atoms with Gasteiger partial charge in [0.2, 0.25) is 5.89 Å². The van der Waals surface area contributed by atoms with Crippen molar-refractivity contribution in [1.29, 1.82) is 0 Å². The second kappa shape index (κ2) is 5.03. The summed E-state index contributed by atoms with van der Waals surface area (Å²) in [6.07, 6.45) is 4.38. The average Bonchev–Trinajstić information content (AvgIpc) is 3.07. The smallest absolute Gasteiger partial charge is 0.315 e. The van der Waals surface area contributed by atoms with Gasteiger partial charge in [-0.1, -0.05) is 5.10 Å². The van der Waals surface area contributed by atoms with Gasteiger partial charge in [0.05, 0.1) is 5.69 Å². The number of nitrogens with zero attached hydrogens (tertiary/aromatic N) is 3. The zero-order chi connectivity index (χ0) is 13.2. The highest BCUT2D eigenvalue weighted by Gasteiger charge is 2.29. The molecule has 1 fully saturated rings. The summed E-state index contributed by atoms with van der Waals surface area (Å²) in [6.45, 7) is 4.92. The summed E-state index contributed by atoms with van der Waals surface area (Å²) in [5.41, 5.74) is 3.56. The molecule has 0 atom stereocenters. The summed E-state index contributed by atoms with van der Waals surface area (Å²) in [5.74, 6) is 1.29. The molecule has 2 aromatic heterocycles. The molecule has 0 radical (unpaired) electrons. The quantitative estimate of drug-likeness (QED) is 0.780. The first-order chi connectivity index (χ1) is 9.24. The van der Waals surface area contributed by atoms with Gasteiger partial charge in [0.15, 0.2) is 0 Å². The van der Waals surface area contributed by atoms with E-state index in [9.17, 15) is 0 Å². The summed E-state index contributed by atoms with van der Waals surface area (Å²) in [4.78, 5) is 0. The molecular formula is C13H19N5O. The molecule has 0 unspecified atom stereocenters. The lowest BCUT2D eigenvalue weighted by atomic mass is 10.1. The van der Waals surface area contributed by atoms with E-state index >= 15 is 0 Å². The molecule has 0 amide bonds. The van der Waals surface area contributed by atoms with E-state index in [4.69, 9.17) is 4.42 Å². The van der Waals surface area contributed by atoms with Crippen LogP contribution in [0.3, 0.4) is 0 Å². The van der Waals surface area contributed by atoms with Gasteiger partial charge in [-0.25, -0.2) is 0 Å². The van der Waals surface area contributed by atoms with Gasteiger partial charge in [-0.15, -0.1) is 5.10 Å². The number of nitrogens with one attached hydrogen (secondary N) is 2. The van der Waals surface area contributed by atoms with E-state index in [1.54, 1.807) is 0 Å². The van der Waals surface area contributed by atoms with Crippen LogP contribution in [0.2, 0.25) is 0 Å². The molecule has 2 N–H and O–H groups in total. The normalized spacial score (nSPS) is 14.8. The van der Waals surface area contributed by atoms with Crippen molar-refractivity contribution in [3.63, 3.8) is 0 Å². The fraction of sp³-hybridized carbons (Fsp3) is 0.615. The minimum absolute atomic E-state index is 0.513. The van der Waals surface area contributed by atoms with E-state index in [1.165, 1.54) is 18.4 Å². The number of aryl methyl sites for hydroxylation is 2. The van der Waals surface area contributed by atoms with Crippen molar-refractivity contribution in [3.05, 3.63) is 22.8 Å². The first-order valence-electron chi connectivity index (χ1n) is 6.81. The first-order valence-corrected chi connectivity index (χ1v) is 6.81. The Bertz CT molecular complexity index is 536. The maximum atomic E-state index is 5.54. The number of hydrogen-bond donors (Lipinski definition) is 2. The van der Waals surface area contributed by atoms with Crippen molar-refractivity contribution in [2.24, 2.45) is 0 Å². The van der Waals surface area contributed by atoms with Gasteiger partial charge in [0.25, 0.3) is 0 Å². The van der Waals surface area contributed by atoms with E-state index in [0.717, 1.165) is 36.7 Å². The van der Waals surface area contributed by atoms with E-state index in [2.05, 4.69) is 32.6 Å². The molecule has 1 aliphatic rings. The maximum absolute atomic E-state index is 5.54.